The van der Waals surface area contributed by atoms with E-state index in [9.17, 15) is 13.0 Å². The monoisotopic (exact) mass is 259 g/mol. The summed E-state index contributed by atoms with van der Waals surface area (Å²) in [6.45, 7) is 8.72. The van der Waals surface area contributed by atoms with Crippen LogP contribution in [0.1, 0.15) is 25.8 Å². The molecule has 0 atom stereocenters. The Morgan fingerprint density at radius 3 is 2.00 bits per heavy atom. The Hall–Kier alpha value is -0.910. The highest BCUT2D eigenvalue weighted by Gasteiger charge is 1.97. The number of aryl methyl sites for hydroxylation is 1. The fraction of sp³-hybridized carbons (Fsp3) is 0.500. The molecule has 0 aromatic heterocycles. The van der Waals surface area contributed by atoms with Gasteiger partial charge in [-0.2, -0.15) is 0 Å². The van der Waals surface area contributed by atoms with E-state index in [2.05, 4.69) is 19.2 Å². The molecule has 0 saturated carbocycles. The third-order valence-corrected chi connectivity index (χ3v) is 2.94. The molecule has 0 radical (unpaired) electrons. The molecule has 2 N–H and O–H groups in total. The maximum Gasteiger partial charge on any atom is 0.124 e. The molecule has 0 spiro atoms. The Morgan fingerprint density at radius 2 is 1.71 bits per heavy atom. The second-order valence-electron chi connectivity index (χ2n) is 3.75. The van der Waals surface area contributed by atoms with E-state index >= 15 is 0 Å². The minimum Gasteiger partial charge on any atom is -0.744 e. The molecule has 5 heteroatoms. The van der Waals surface area contributed by atoms with Crippen LogP contribution < -0.4 is 5.32 Å². The summed E-state index contributed by atoms with van der Waals surface area (Å²) in [5.74, 6) is 0. The number of rotatable bonds is 4. The average Bonchev–Trinajstić information content (AvgIpc) is 2.26. The second-order valence-corrected chi connectivity index (χ2v) is 5.13. The smallest absolute Gasteiger partial charge is 0.124 e. The van der Waals surface area contributed by atoms with E-state index in [1.807, 2.05) is 6.92 Å². The Kier molecular flexibility index (Phi) is 7.78. The fourth-order valence-electron chi connectivity index (χ4n) is 1.11. The van der Waals surface area contributed by atoms with Crippen LogP contribution in [0.4, 0.5) is 0 Å². The molecule has 0 saturated heterocycles. The van der Waals surface area contributed by atoms with Gasteiger partial charge in [-0.3, -0.25) is 0 Å². The van der Waals surface area contributed by atoms with Gasteiger partial charge in [-0.25, -0.2) is 8.42 Å². The van der Waals surface area contributed by atoms with Crippen molar-refractivity contribution in [1.29, 1.82) is 0 Å². The first-order valence-corrected chi connectivity index (χ1v) is 7.16. The zero-order chi connectivity index (χ0) is 13.3. The van der Waals surface area contributed by atoms with E-state index in [1.54, 1.807) is 12.1 Å². The van der Waals surface area contributed by atoms with E-state index < -0.39 is 10.1 Å². The second kappa shape index (κ2) is 8.22. The van der Waals surface area contributed by atoms with Gasteiger partial charge in [0.2, 0.25) is 0 Å². The van der Waals surface area contributed by atoms with Crippen LogP contribution in [-0.2, 0) is 10.1 Å². The summed E-state index contributed by atoms with van der Waals surface area (Å²) >= 11 is 0. The van der Waals surface area contributed by atoms with Gasteiger partial charge < -0.3 is 9.87 Å². The highest BCUT2D eigenvalue weighted by atomic mass is 32.2. The van der Waals surface area contributed by atoms with E-state index in [0.29, 0.717) is 0 Å². The van der Waals surface area contributed by atoms with Gasteiger partial charge in [0.25, 0.3) is 0 Å². The molecular weight excluding hydrogens is 238 g/mol. The van der Waals surface area contributed by atoms with Crippen LogP contribution in [0.5, 0.6) is 0 Å². The Balaban J connectivity index is 0.000000366. The van der Waals surface area contributed by atoms with E-state index in [-0.39, 0.29) is 4.90 Å². The lowest BCUT2D eigenvalue weighted by Crippen LogP contribution is -2.83. The van der Waals surface area contributed by atoms with Crippen LogP contribution in [0.15, 0.2) is 29.2 Å². The molecule has 1 rings (SSSR count). The largest absolute Gasteiger partial charge is 0.744 e. The zero-order valence-electron chi connectivity index (χ0n) is 10.6. The number of quaternary nitrogens is 1. The van der Waals surface area contributed by atoms with Gasteiger partial charge in [-0.1, -0.05) is 24.6 Å². The normalized spacial score (nSPS) is 10.6. The van der Waals surface area contributed by atoms with Crippen molar-refractivity contribution >= 4 is 10.1 Å². The van der Waals surface area contributed by atoms with Crippen molar-refractivity contribution < 1.29 is 18.3 Å². The van der Waals surface area contributed by atoms with Gasteiger partial charge in [-0.15, -0.1) is 0 Å². The first-order chi connectivity index (χ1) is 7.91. The molecule has 98 valence electrons. The van der Waals surface area contributed by atoms with Gasteiger partial charge in [0.1, 0.15) is 10.1 Å². The summed E-state index contributed by atoms with van der Waals surface area (Å²) < 4.78 is 31.2. The van der Waals surface area contributed by atoms with Gasteiger partial charge in [-0.05, 0) is 32.4 Å². The van der Waals surface area contributed by atoms with Crippen LogP contribution >= 0.6 is 0 Å². The van der Waals surface area contributed by atoms with Crippen molar-refractivity contribution in [2.75, 3.05) is 13.1 Å². The molecular formula is C12H21NO3S. The number of hydrogen-bond acceptors (Lipinski definition) is 3. The minimum atomic E-state index is -4.27. The topological polar surface area (TPSA) is 73.8 Å². The molecule has 0 heterocycles. The van der Waals surface area contributed by atoms with Gasteiger partial charge in [0.05, 0.1) is 18.0 Å². The molecule has 1 aromatic carbocycles. The van der Waals surface area contributed by atoms with Gasteiger partial charge in [0.15, 0.2) is 0 Å². The van der Waals surface area contributed by atoms with Crippen molar-refractivity contribution in [3.05, 3.63) is 29.8 Å². The number of benzene rings is 1. The molecule has 0 fully saturated rings. The highest BCUT2D eigenvalue weighted by Crippen LogP contribution is 2.08. The third kappa shape index (κ3) is 7.90. The Morgan fingerprint density at radius 1 is 1.18 bits per heavy atom. The number of nitrogens with two attached hydrogens (primary N) is 1. The van der Waals surface area contributed by atoms with Crippen LogP contribution in [-0.4, -0.2) is 26.1 Å². The average molecular weight is 259 g/mol. The van der Waals surface area contributed by atoms with Crippen LogP contribution in [0.2, 0.25) is 0 Å². The van der Waals surface area contributed by atoms with Crippen molar-refractivity contribution in [2.45, 2.75) is 32.1 Å². The Labute approximate surface area is 104 Å². The standard InChI is InChI=1S/C7H8O3S.C5H13N/c1-6-2-4-7(5-3-6)11(8,9)10;1-3-5-6-4-2/h2-5H,1H3,(H,8,9,10);6H,3-5H2,1-2H3. The summed E-state index contributed by atoms with van der Waals surface area (Å²) in [4.78, 5) is -0.178. The molecule has 0 unspecified atom stereocenters. The first-order valence-electron chi connectivity index (χ1n) is 5.76. The van der Waals surface area contributed by atoms with Gasteiger partial charge >= 0.3 is 0 Å². The van der Waals surface area contributed by atoms with Crippen LogP contribution in [0, 0.1) is 6.92 Å². The molecule has 0 amide bonds. The molecule has 0 aliphatic carbocycles. The van der Waals surface area contributed by atoms with Crippen molar-refractivity contribution in [1.82, 2.24) is 0 Å². The molecule has 0 aliphatic heterocycles. The fourth-order valence-corrected chi connectivity index (χ4v) is 1.58. The minimum absolute atomic E-state index is 0.178. The molecule has 0 aliphatic rings. The van der Waals surface area contributed by atoms with Crippen LogP contribution in [0.3, 0.4) is 0 Å². The molecule has 1 aromatic rings. The highest BCUT2D eigenvalue weighted by molar-refractivity contribution is 7.85. The summed E-state index contributed by atoms with van der Waals surface area (Å²) in [7, 11) is -4.27. The first kappa shape index (κ1) is 16.1. The summed E-state index contributed by atoms with van der Waals surface area (Å²) in [5.41, 5.74) is 0.928. The molecule has 17 heavy (non-hydrogen) atoms. The lowest BCUT2D eigenvalue weighted by molar-refractivity contribution is -0.651. The predicted octanol–water partition coefficient (Wildman–Crippen LogP) is 0.879. The van der Waals surface area contributed by atoms with Crippen molar-refractivity contribution in [2.24, 2.45) is 0 Å². The zero-order valence-corrected chi connectivity index (χ0v) is 11.5. The maximum absolute atomic E-state index is 10.4. The number of hydrogen-bond donors (Lipinski definition) is 1. The van der Waals surface area contributed by atoms with Crippen molar-refractivity contribution in [3.8, 4) is 0 Å². The third-order valence-electron chi connectivity index (χ3n) is 2.09. The SMILES string of the molecule is CCC[NH2+]CC.Cc1ccc(S(=O)(=O)[O-])cc1. The van der Waals surface area contributed by atoms with Crippen molar-refractivity contribution in [3.63, 3.8) is 0 Å². The predicted molar refractivity (Wildman–Crippen MR) is 66.8 cm³/mol. The molecule has 4 nitrogen and oxygen atoms in total. The lowest BCUT2D eigenvalue weighted by atomic mass is 10.2. The molecule has 0 bridgehead atoms. The summed E-state index contributed by atoms with van der Waals surface area (Å²) in [6.07, 6.45) is 1.30. The lowest BCUT2D eigenvalue weighted by Gasteiger charge is -2.05. The van der Waals surface area contributed by atoms with Gasteiger partial charge in [0, 0.05) is 0 Å². The van der Waals surface area contributed by atoms with E-state index in [4.69, 9.17) is 0 Å². The summed E-state index contributed by atoms with van der Waals surface area (Å²) in [6, 6.07) is 5.78. The summed E-state index contributed by atoms with van der Waals surface area (Å²) in [5, 5.41) is 2.31. The quantitative estimate of drug-likeness (QED) is 0.644. The Bertz CT molecular complexity index is 394. The van der Waals surface area contributed by atoms with E-state index in [0.717, 1.165) is 5.56 Å². The van der Waals surface area contributed by atoms with E-state index in [1.165, 1.54) is 31.6 Å². The van der Waals surface area contributed by atoms with Crippen LogP contribution in [0.25, 0.3) is 0 Å². The maximum atomic E-state index is 10.4.